The first-order chi connectivity index (χ1) is 20.0. The molecule has 4 rings (SSSR count). The molecule has 3 aliphatic rings. The van der Waals surface area contributed by atoms with Gasteiger partial charge in [-0.2, -0.15) is 0 Å². The number of para-hydroxylation sites is 1. The first-order valence-electron chi connectivity index (χ1n) is 16.4. The van der Waals surface area contributed by atoms with Gasteiger partial charge in [0.25, 0.3) is 0 Å². The number of aliphatic hydroxyl groups excluding tert-OH is 2. The van der Waals surface area contributed by atoms with Crippen LogP contribution in [0.25, 0.3) is 0 Å². The number of fused-ring (bicyclic) bond motifs is 3. The number of benzene rings is 1. The van der Waals surface area contributed by atoms with Crippen LogP contribution in [0.1, 0.15) is 115 Å². The number of carbonyl (C=O) groups excluding carboxylic acids is 2. The fraction of sp³-hybridized carbons (Fsp3) is 0.706. The van der Waals surface area contributed by atoms with E-state index in [0.29, 0.717) is 30.2 Å². The van der Waals surface area contributed by atoms with Crippen molar-refractivity contribution >= 4 is 11.8 Å². The van der Waals surface area contributed by atoms with E-state index in [1.165, 1.54) is 57.8 Å². The fourth-order valence-corrected chi connectivity index (χ4v) is 6.96. The van der Waals surface area contributed by atoms with Crippen LogP contribution in [0, 0.1) is 5.92 Å². The van der Waals surface area contributed by atoms with Crippen LogP contribution in [-0.4, -0.2) is 64.9 Å². The molecule has 1 aromatic rings. The molecule has 1 aliphatic heterocycles. The zero-order valence-electron chi connectivity index (χ0n) is 25.1. The minimum atomic E-state index is -0.947. The van der Waals surface area contributed by atoms with Crippen LogP contribution in [0.4, 0.5) is 0 Å². The Morgan fingerprint density at radius 3 is 2.37 bits per heavy atom. The topological polar surface area (TPSA) is 99.1 Å². The molecule has 1 saturated carbocycles. The van der Waals surface area contributed by atoms with Crippen molar-refractivity contribution in [3.05, 3.63) is 41.5 Å². The Morgan fingerprint density at radius 1 is 0.976 bits per heavy atom. The van der Waals surface area contributed by atoms with Gasteiger partial charge in [-0.15, -0.1) is 0 Å². The molecule has 0 radical (unpaired) electrons. The van der Waals surface area contributed by atoms with Crippen molar-refractivity contribution in [3.63, 3.8) is 0 Å². The van der Waals surface area contributed by atoms with Gasteiger partial charge >= 0.3 is 0 Å². The molecular formula is C34H52N2O5. The highest BCUT2D eigenvalue weighted by Gasteiger charge is 2.50. The second-order valence-electron chi connectivity index (χ2n) is 12.3. The van der Waals surface area contributed by atoms with E-state index in [1.54, 1.807) is 0 Å². The molecule has 228 valence electrons. The Kier molecular flexibility index (Phi) is 12.6. The Labute approximate surface area is 246 Å². The summed E-state index contributed by atoms with van der Waals surface area (Å²) in [6, 6.07) is 6.98. The van der Waals surface area contributed by atoms with Gasteiger partial charge in [-0.25, -0.2) is 0 Å². The predicted octanol–water partition coefficient (Wildman–Crippen LogP) is 5.64. The van der Waals surface area contributed by atoms with E-state index < -0.39 is 24.2 Å². The molecule has 0 spiro atoms. The van der Waals surface area contributed by atoms with Crippen molar-refractivity contribution in [2.24, 2.45) is 5.92 Å². The largest absolute Gasteiger partial charge is 0.486 e. The summed E-state index contributed by atoms with van der Waals surface area (Å²) >= 11 is 0. The number of hydrogen-bond donors (Lipinski definition) is 3. The first kappa shape index (κ1) is 31.6. The van der Waals surface area contributed by atoms with E-state index in [0.717, 1.165) is 37.7 Å². The highest BCUT2D eigenvalue weighted by Crippen LogP contribution is 2.47. The third kappa shape index (κ3) is 8.35. The second-order valence-corrected chi connectivity index (χ2v) is 12.3. The summed E-state index contributed by atoms with van der Waals surface area (Å²) in [7, 11) is 0. The van der Waals surface area contributed by atoms with Gasteiger partial charge in [0.2, 0.25) is 11.8 Å². The zero-order valence-corrected chi connectivity index (χ0v) is 25.1. The average molecular weight is 569 g/mol. The van der Waals surface area contributed by atoms with Crippen LogP contribution in [-0.2, 0) is 9.59 Å². The van der Waals surface area contributed by atoms with E-state index >= 15 is 0 Å². The van der Waals surface area contributed by atoms with Crippen LogP contribution < -0.4 is 10.1 Å². The van der Waals surface area contributed by atoms with Gasteiger partial charge < -0.3 is 25.2 Å². The molecule has 1 aromatic carbocycles. The summed E-state index contributed by atoms with van der Waals surface area (Å²) in [6.45, 7) is 2.83. The summed E-state index contributed by atoms with van der Waals surface area (Å²) in [5.41, 5.74) is 1.38. The van der Waals surface area contributed by atoms with Crippen LogP contribution in [0.15, 0.2) is 35.9 Å². The number of nitrogens with zero attached hydrogens (tertiary/aromatic N) is 1. The number of nitrogens with one attached hydrogen (secondary N) is 1. The first-order valence-corrected chi connectivity index (χ1v) is 16.4. The van der Waals surface area contributed by atoms with Crippen LogP contribution in [0.2, 0.25) is 0 Å². The molecule has 3 N–H and O–H groups in total. The van der Waals surface area contributed by atoms with E-state index in [1.807, 2.05) is 35.2 Å². The van der Waals surface area contributed by atoms with E-state index in [4.69, 9.17) is 4.74 Å². The number of amides is 2. The third-order valence-electron chi connectivity index (χ3n) is 9.23. The minimum Gasteiger partial charge on any atom is -0.486 e. The lowest BCUT2D eigenvalue weighted by atomic mass is 9.77. The van der Waals surface area contributed by atoms with Crippen molar-refractivity contribution in [2.45, 2.75) is 127 Å². The summed E-state index contributed by atoms with van der Waals surface area (Å²) in [6.07, 6.45) is 17.2. The predicted molar refractivity (Wildman–Crippen MR) is 162 cm³/mol. The standard InChI is InChI=1S/C34H52N2O5/c1-2-3-4-5-6-7-8-9-13-20-30(38)36(24-25-16-11-10-12-17-25)28-23-27(34(40)35-21-22-37)31-26-18-14-15-19-29(26)41-33(31)32(28)39/h14-15,18-19,23,25,28,31-33,37,39H,2-13,16-17,20-22,24H2,1H3,(H,35,40). The Hall–Kier alpha value is -2.38. The molecule has 0 bridgehead atoms. The maximum absolute atomic E-state index is 13.8. The summed E-state index contributed by atoms with van der Waals surface area (Å²) < 4.78 is 6.26. The molecule has 0 saturated heterocycles. The molecule has 1 heterocycles. The summed E-state index contributed by atoms with van der Waals surface area (Å²) in [4.78, 5) is 29.1. The van der Waals surface area contributed by atoms with E-state index in [2.05, 4.69) is 12.2 Å². The number of rotatable bonds is 16. The molecule has 7 heteroatoms. The zero-order chi connectivity index (χ0) is 29.0. The maximum Gasteiger partial charge on any atom is 0.247 e. The van der Waals surface area contributed by atoms with Crippen molar-refractivity contribution in [2.75, 3.05) is 19.7 Å². The lowest BCUT2D eigenvalue weighted by molar-refractivity contribution is -0.138. The number of aliphatic hydroxyl groups is 2. The quantitative estimate of drug-likeness (QED) is 0.224. The number of hydrogen-bond acceptors (Lipinski definition) is 5. The SMILES string of the molecule is CCCCCCCCCCCC(=O)N(CC1CCCCC1)C1C=C(C(=O)NCCO)C2c3ccccc3OC2C1O. The van der Waals surface area contributed by atoms with Crippen molar-refractivity contribution in [1.29, 1.82) is 0 Å². The molecule has 4 atom stereocenters. The van der Waals surface area contributed by atoms with Crippen LogP contribution in [0.5, 0.6) is 5.75 Å². The van der Waals surface area contributed by atoms with Gasteiger partial charge in [-0.1, -0.05) is 95.8 Å². The lowest BCUT2D eigenvalue weighted by Gasteiger charge is -2.42. The highest BCUT2D eigenvalue weighted by molar-refractivity contribution is 5.96. The fourth-order valence-electron chi connectivity index (χ4n) is 6.96. The number of carbonyl (C=O) groups is 2. The van der Waals surface area contributed by atoms with Gasteiger partial charge in [0.15, 0.2) is 0 Å². The summed E-state index contributed by atoms with van der Waals surface area (Å²) in [5, 5.41) is 23.9. The minimum absolute atomic E-state index is 0.0582. The Bertz CT molecular complexity index is 1000. The van der Waals surface area contributed by atoms with E-state index in [-0.39, 0.29) is 25.0 Å². The van der Waals surface area contributed by atoms with Gasteiger partial charge in [-0.05, 0) is 37.3 Å². The second kappa shape index (κ2) is 16.3. The number of unbranched alkanes of at least 4 members (excludes halogenated alkanes) is 8. The van der Waals surface area contributed by atoms with Gasteiger partial charge in [0.1, 0.15) is 18.0 Å². The third-order valence-corrected chi connectivity index (χ3v) is 9.23. The Morgan fingerprint density at radius 2 is 1.66 bits per heavy atom. The molecule has 4 unspecified atom stereocenters. The van der Waals surface area contributed by atoms with Crippen molar-refractivity contribution in [3.8, 4) is 5.75 Å². The average Bonchev–Trinajstić information content (AvgIpc) is 3.39. The monoisotopic (exact) mass is 568 g/mol. The smallest absolute Gasteiger partial charge is 0.247 e. The normalized spacial score (nSPS) is 23.7. The van der Waals surface area contributed by atoms with Crippen molar-refractivity contribution in [1.82, 2.24) is 10.2 Å². The number of ether oxygens (including phenoxy) is 1. The molecule has 0 aromatic heterocycles. The van der Waals surface area contributed by atoms with Gasteiger partial charge in [0.05, 0.1) is 18.6 Å². The molecule has 41 heavy (non-hydrogen) atoms. The van der Waals surface area contributed by atoms with Crippen LogP contribution >= 0.6 is 0 Å². The molecule has 2 amide bonds. The van der Waals surface area contributed by atoms with Crippen molar-refractivity contribution < 1.29 is 24.5 Å². The van der Waals surface area contributed by atoms with Crippen LogP contribution in [0.3, 0.4) is 0 Å². The highest BCUT2D eigenvalue weighted by atomic mass is 16.5. The molecule has 7 nitrogen and oxygen atoms in total. The molecular weight excluding hydrogens is 516 g/mol. The molecule has 2 aliphatic carbocycles. The molecule has 1 fully saturated rings. The maximum atomic E-state index is 13.8. The Balaban J connectivity index is 1.49. The van der Waals surface area contributed by atoms with E-state index in [9.17, 15) is 19.8 Å². The van der Waals surface area contributed by atoms with Gasteiger partial charge in [0, 0.05) is 30.6 Å². The van der Waals surface area contributed by atoms with Gasteiger partial charge in [-0.3, -0.25) is 9.59 Å². The summed E-state index contributed by atoms with van der Waals surface area (Å²) in [5.74, 6) is 0.434. The lowest BCUT2D eigenvalue weighted by Crippen LogP contribution is -2.56.